The molecule has 0 saturated carbocycles. The van der Waals surface area contributed by atoms with Crippen molar-refractivity contribution in [2.75, 3.05) is 7.05 Å². The molecule has 0 aliphatic heterocycles. The van der Waals surface area contributed by atoms with Crippen molar-refractivity contribution in [2.45, 2.75) is 13.5 Å². The summed E-state index contributed by atoms with van der Waals surface area (Å²) in [6.45, 7) is 1.93. The molecule has 2 aromatic carbocycles. The van der Waals surface area contributed by atoms with E-state index in [0.717, 1.165) is 0 Å². The standard InChI is InChI=1S/C16H16FNO2/c1-11-9-12(7-8-15(11)19)16(20)18(2)10-13-5-3-4-6-14(13)17/h3-9,19H,10H2,1-2H3. The molecule has 0 bridgehead atoms. The Morgan fingerprint density at radius 3 is 2.60 bits per heavy atom. The molecular formula is C16H16FNO2. The van der Waals surface area contributed by atoms with E-state index in [0.29, 0.717) is 16.7 Å². The molecule has 0 atom stereocenters. The van der Waals surface area contributed by atoms with Gasteiger partial charge in [0, 0.05) is 24.7 Å². The van der Waals surface area contributed by atoms with Crippen molar-refractivity contribution in [3.8, 4) is 5.75 Å². The van der Waals surface area contributed by atoms with Crippen molar-refractivity contribution >= 4 is 5.91 Å². The van der Waals surface area contributed by atoms with Gasteiger partial charge >= 0.3 is 0 Å². The number of rotatable bonds is 3. The van der Waals surface area contributed by atoms with Crippen molar-refractivity contribution in [1.82, 2.24) is 4.90 Å². The predicted molar refractivity (Wildman–Crippen MR) is 75.0 cm³/mol. The van der Waals surface area contributed by atoms with Crippen LogP contribution in [0, 0.1) is 12.7 Å². The van der Waals surface area contributed by atoms with Gasteiger partial charge in [-0.3, -0.25) is 4.79 Å². The Balaban J connectivity index is 2.16. The summed E-state index contributed by atoms with van der Waals surface area (Å²) >= 11 is 0. The van der Waals surface area contributed by atoms with Crippen LogP contribution in [0.2, 0.25) is 0 Å². The summed E-state index contributed by atoms with van der Waals surface area (Å²) in [7, 11) is 1.62. The van der Waals surface area contributed by atoms with Gasteiger partial charge in [0.2, 0.25) is 0 Å². The van der Waals surface area contributed by atoms with Crippen LogP contribution in [0.25, 0.3) is 0 Å². The number of amides is 1. The van der Waals surface area contributed by atoms with Gasteiger partial charge in [0.1, 0.15) is 11.6 Å². The number of halogens is 1. The lowest BCUT2D eigenvalue weighted by Gasteiger charge is -2.18. The third kappa shape index (κ3) is 2.96. The van der Waals surface area contributed by atoms with Crippen molar-refractivity contribution in [2.24, 2.45) is 0 Å². The maximum atomic E-state index is 13.6. The molecule has 0 fully saturated rings. The van der Waals surface area contributed by atoms with Crippen LogP contribution in [-0.4, -0.2) is 23.0 Å². The Kier molecular flexibility index (Phi) is 4.03. The minimum atomic E-state index is -0.325. The zero-order chi connectivity index (χ0) is 14.7. The van der Waals surface area contributed by atoms with Gasteiger partial charge in [-0.05, 0) is 36.8 Å². The van der Waals surface area contributed by atoms with E-state index in [2.05, 4.69) is 0 Å². The molecule has 1 N–H and O–H groups in total. The number of phenolic OH excluding ortho intramolecular Hbond substituents is 1. The number of aromatic hydroxyl groups is 1. The second-order valence-electron chi connectivity index (χ2n) is 4.75. The van der Waals surface area contributed by atoms with E-state index in [1.165, 1.54) is 17.0 Å². The lowest BCUT2D eigenvalue weighted by atomic mass is 10.1. The van der Waals surface area contributed by atoms with E-state index in [1.54, 1.807) is 44.3 Å². The number of hydrogen-bond donors (Lipinski definition) is 1. The van der Waals surface area contributed by atoms with Crippen LogP contribution in [0.3, 0.4) is 0 Å². The van der Waals surface area contributed by atoms with Crippen LogP contribution in [0.5, 0.6) is 5.75 Å². The highest BCUT2D eigenvalue weighted by atomic mass is 19.1. The molecule has 0 radical (unpaired) electrons. The fourth-order valence-electron chi connectivity index (χ4n) is 1.96. The first-order valence-electron chi connectivity index (χ1n) is 6.27. The van der Waals surface area contributed by atoms with Crippen LogP contribution >= 0.6 is 0 Å². The molecule has 104 valence electrons. The summed E-state index contributed by atoms with van der Waals surface area (Å²) < 4.78 is 13.6. The minimum Gasteiger partial charge on any atom is -0.508 e. The average Bonchev–Trinajstić information content (AvgIpc) is 2.43. The summed E-state index contributed by atoms with van der Waals surface area (Å²) in [5.41, 5.74) is 1.58. The molecule has 0 aliphatic rings. The van der Waals surface area contributed by atoms with Crippen molar-refractivity contribution in [1.29, 1.82) is 0 Å². The van der Waals surface area contributed by atoms with Gasteiger partial charge in [0.25, 0.3) is 5.91 Å². The Morgan fingerprint density at radius 2 is 1.95 bits per heavy atom. The summed E-state index contributed by atoms with van der Waals surface area (Å²) in [6, 6.07) is 11.0. The highest BCUT2D eigenvalue weighted by molar-refractivity contribution is 5.94. The lowest BCUT2D eigenvalue weighted by Crippen LogP contribution is -2.26. The van der Waals surface area contributed by atoms with Crippen LogP contribution in [0.15, 0.2) is 42.5 Å². The average molecular weight is 273 g/mol. The second kappa shape index (κ2) is 5.74. The Hall–Kier alpha value is -2.36. The number of carbonyl (C=O) groups is 1. The van der Waals surface area contributed by atoms with E-state index in [1.807, 2.05) is 0 Å². The largest absolute Gasteiger partial charge is 0.508 e. The quantitative estimate of drug-likeness (QED) is 0.933. The van der Waals surface area contributed by atoms with Crippen LogP contribution in [-0.2, 0) is 6.54 Å². The SMILES string of the molecule is Cc1cc(C(=O)N(C)Cc2ccccc2F)ccc1O. The fraction of sp³-hybridized carbons (Fsp3) is 0.188. The van der Waals surface area contributed by atoms with Gasteiger partial charge in [0.05, 0.1) is 0 Å². The third-order valence-electron chi connectivity index (χ3n) is 3.16. The molecule has 0 heterocycles. The van der Waals surface area contributed by atoms with E-state index >= 15 is 0 Å². The van der Waals surface area contributed by atoms with Gasteiger partial charge in [-0.25, -0.2) is 4.39 Å². The highest BCUT2D eigenvalue weighted by Crippen LogP contribution is 2.18. The third-order valence-corrected chi connectivity index (χ3v) is 3.16. The van der Waals surface area contributed by atoms with Gasteiger partial charge in [-0.15, -0.1) is 0 Å². The van der Waals surface area contributed by atoms with Crippen molar-refractivity contribution in [3.63, 3.8) is 0 Å². The minimum absolute atomic E-state index is 0.151. The summed E-state index contributed by atoms with van der Waals surface area (Å²) in [5.74, 6) is -0.385. The van der Waals surface area contributed by atoms with Crippen LogP contribution in [0.4, 0.5) is 4.39 Å². The van der Waals surface area contributed by atoms with Gasteiger partial charge in [-0.2, -0.15) is 0 Å². The Labute approximate surface area is 117 Å². The number of hydrogen-bond acceptors (Lipinski definition) is 2. The first-order chi connectivity index (χ1) is 9.49. The zero-order valence-electron chi connectivity index (χ0n) is 11.4. The van der Waals surface area contributed by atoms with Crippen LogP contribution < -0.4 is 0 Å². The highest BCUT2D eigenvalue weighted by Gasteiger charge is 2.14. The topological polar surface area (TPSA) is 40.5 Å². The van der Waals surface area contributed by atoms with Gasteiger partial charge in [0.15, 0.2) is 0 Å². The molecule has 2 aromatic rings. The first-order valence-corrected chi connectivity index (χ1v) is 6.27. The lowest BCUT2D eigenvalue weighted by molar-refractivity contribution is 0.0783. The number of aryl methyl sites for hydroxylation is 1. The molecule has 2 rings (SSSR count). The molecule has 1 amide bonds. The van der Waals surface area contributed by atoms with Crippen molar-refractivity contribution in [3.05, 3.63) is 65.0 Å². The molecule has 3 nitrogen and oxygen atoms in total. The van der Waals surface area contributed by atoms with E-state index < -0.39 is 0 Å². The summed E-state index contributed by atoms with van der Waals surface area (Å²) in [6.07, 6.45) is 0. The number of carbonyl (C=O) groups excluding carboxylic acids is 1. The molecule has 20 heavy (non-hydrogen) atoms. The number of nitrogens with zero attached hydrogens (tertiary/aromatic N) is 1. The summed E-state index contributed by atoms with van der Waals surface area (Å²) in [5, 5.41) is 9.46. The second-order valence-corrected chi connectivity index (χ2v) is 4.75. The molecule has 0 unspecified atom stereocenters. The maximum Gasteiger partial charge on any atom is 0.253 e. The number of benzene rings is 2. The van der Waals surface area contributed by atoms with Crippen molar-refractivity contribution < 1.29 is 14.3 Å². The van der Waals surface area contributed by atoms with Gasteiger partial charge in [-0.1, -0.05) is 18.2 Å². The van der Waals surface area contributed by atoms with Gasteiger partial charge < -0.3 is 10.0 Å². The molecule has 0 spiro atoms. The predicted octanol–water partition coefficient (Wildman–Crippen LogP) is 3.11. The van der Waals surface area contributed by atoms with E-state index in [-0.39, 0.29) is 24.0 Å². The fourth-order valence-corrected chi connectivity index (χ4v) is 1.96. The molecular weight excluding hydrogens is 257 g/mol. The molecule has 4 heteroatoms. The molecule has 0 aliphatic carbocycles. The smallest absolute Gasteiger partial charge is 0.253 e. The van der Waals surface area contributed by atoms with E-state index in [4.69, 9.17) is 0 Å². The number of phenols is 1. The Morgan fingerprint density at radius 1 is 1.25 bits per heavy atom. The van der Waals surface area contributed by atoms with Crippen LogP contribution in [0.1, 0.15) is 21.5 Å². The maximum absolute atomic E-state index is 13.6. The Bertz CT molecular complexity index is 640. The monoisotopic (exact) mass is 273 g/mol. The van der Waals surface area contributed by atoms with E-state index in [9.17, 15) is 14.3 Å². The zero-order valence-corrected chi connectivity index (χ0v) is 11.4. The molecule has 0 aromatic heterocycles. The summed E-state index contributed by atoms with van der Waals surface area (Å²) in [4.78, 5) is 13.7. The normalized spacial score (nSPS) is 10.3. The molecule has 0 saturated heterocycles. The first kappa shape index (κ1) is 14.1.